The van der Waals surface area contributed by atoms with Gasteiger partial charge in [-0.2, -0.15) is 0 Å². The molecule has 1 aromatic carbocycles. The van der Waals surface area contributed by atoms with Gasteiger partial charge in [0.1, 0.15) is 6.10 Å². The fourth-order valence-electron chi connectivity index (χ4n) is 4.08. The van der Waals surface area contributed by atoms with Gasteiger partial charge in [0.2, 0.25) is 0 Å². The minimum Gasteiger partial charge on any atom is -0.466 e. The van der Waals surface area contributed by atoms with Crippen molar-refractivity contribution in [3.8, 4) is 12.3 Å². The summed E-state index contributed by atoms with van der Waals surface area (Å²) in [4.78, 5) is 20.7. The maximum Gasteiger partial charge on any atom is 0.313 e. The summed E-state index contributed by atoms with van der Waals surface area (Å²) in [5, 5.41) is 4.29. The van der Waals surface area contributed by atoms with Gasteiger partial charge in [0.15, 0.2) is 0 Å². The molecule has 1 fully saturated rings. The quantitative estimate of drug-likeness (QED) is 0.572. The van der Waals surface area contributed by atoms with Gasteiger partial charge in [0.25, 0.3) is 0 Å². The molecular formula is C22H28N2O3. The molecule has 0 radical (unpaired) electrons. The molecule has 2 aliphatic heterocycles. The van der Waals surface area contributed by atoms with E-state index in [-0.39, 0.29) is 12.1 Å². The molecule has 2 atom stereocenters. The van der Waals surface area contributed by atoms with Crippen LogP contribution in [0.5, 0.6) is 0 Å². The first-order valence-corrected chi connectivity index (χ1v) is 9.69. The fourth-order valence-corrected chi connectivity index (χ4v) is 4.08. The highest BCUT2D eigenvalue weighted by Gasteiger charge is 2.46. The highest BCUT2D eigenvalue weighted by Crippen LogP contribution is 2.38. The van der Waals surface area contributed by atoms with Crippen LogP contribution < -0.4 is 0 Å². The molecule has 1 aromatic rings. The molecule has 2 aliphatic rings. The van der Waals surface area contributed by atoms with Gasteiger partial charge in [-0.05, 0) is 38.8 Å². The lowest BCUT2D eigenvalue weighted by Gasteiger charge is -2.41. The summed E-state index contributed by atoms with van der Waals surface area (Å²) in [5.41, 5.74) is 2.65. The molecule has 144 valence electrons. The number of piperidine rings is 1. The number of ether oxygens (including phenoxy) is 1. The molecule has 0 spiro atoms. The van der Waals surface area contributed by atoms with Crippen molar-refractivity contribution in [2.45, 2.75) is 45.6 Å². The number of benzene rings is 1. The first kappa shape index (κ1) is 19.4. The third-order valence-corrected chi connectivity index (χ3v) is 5.42. The highest BCUT2D eigenvalue weighted by atomic mass is 16.6. The Morgan fingerprint density at radius 1 is 1.44 bits per heavy atom. The summed E-state index contributed by atoms with van der Waals surface area (Å²) >= 11 is 0. The molecule has 1 saturated heterocycles. The van der Waals surface area contributed by atoms with Gasteiger partial charge in [0.05, 0.1) is 24.3 Å². The number of carbonyl (C=O) groups excluding carboxylic acids is 1. The lowest BCUT2D eigenvalue weighted by Crippen LogP contribution is -2.50. The SMILES string of the molecule is C#CCN1CCCC(CC2CC(c3ccc(C)cc3)=NO2)(C(=O)OCC)C1. The summed E-state index contributed by atoms with van der Waals surface area (Å²) in [6.45, 7) is 6.38. The number of esters is 1. The van der Waals surface area contributed by atoms with Gasteiger partial charge in [0, 0.05) is 19.4 Å². The zero-order valence-electron chi connectivity index (χ0n) is 16.2. The molecular weight excluding hydrogens is 340 g/mol. The van der Waals surface area contributed by atoms with E-state index in [1.165, 1.54) is 5.56 Å². The van der Waals surface area contributed by atoms with Crippen LogP contribution in [-0.4, -0.2) is 48.9 Å². The number of aryl methyl sites for hydroxylation is 1. The number of hydrogen-bond donors (Lipinski definition) is 0. The highest BCUT2D eigenvalue weighted by molar-refractivity contribution is 6.01. The number of oxime groups is 1. The summed E-state index contributed by atoms with van der Waals surface area (Å²) < 4.78 is 5.44. The third kappa shape index (κ3) is 4.51. The maximum atomic E-state index is 12.9. The van der Waals surface area contributed by atoms with E-state index >= 15 is 0 Å². The lowest BCUT2D eigenvalue weighted by atomic mass is 9.74. The standard InChI is InChI=1S/C22H28N2O3/c1-4-12-24-13-6-11-22(16-24,21(25)26-5-2)15-19-14-20(23-27-19)18-9-7-17(3)8-10-18/h1,7-10,19H,5-6,11-16H2,2-3H3. The monoisotopic (exact) mass is 368 g/mol. The molecule has 5 heteroatoms. The van der Waals surface area contributed by atoms with Crippen molar-refractivity contribution in [3.05, 3.63) is 35.4 Å². The minimum absolute atomic E-state index is 0.114. The Balaban J connectivity index is 1.71. The number of hydrogen-bond acceptors (Lipinski definition) is 5. The van der Waals surface area contributed by atoms with Crippen molar-refractivity contribution in [2.75, 3.05) is 26.2 Å². The molecule has 0 saturated carbocycles. The Labute approximate surface area is 161 Å². The van der Waals surface area contributed by atoms with E-state index in [0.29, 0.717) is 32.5 Å². The van der Waals surface area contributed by atoms with E-state index in [1.54, 1.807) is 0 Å². The van der Waals surface area contributed by atoms with Crippen LogP contribution in [0.3, 0.4) is 0 Å². The Kier molecular flexibility index (Phi) is 6.18. The summed E-state index contributed by atoms with van der Waals surface area (Å²) in [7, 11) is 0. The van der Waals surface area contributed by atoms with Crippen molar-refractivity contribution >= 4 is 11.7 Å². The van der Waals surface area contributed by atoms with Gasteiger partial charge in [-0.15, -0.1) is 6.42 Å². The summed E-state index contributed by atoms with van der Waals surface area (Å²) in [5.74, 6) is 2.55. The van der Waals surface area contributed by atoms with Crippen molar-refractivity contribution in [1.82, 2.24) is 4.90 Å². The molecule has 2 unspecified atom stereocenters. The molecule has 0 aromatic heterocycles. The van der Waals surface area contributed by atoms with Crippen LogP contribution >= 0.6 is 0 Å². The second-order valence-electron chi connectivity index (χ2n) is 7.56. The molecule has 0 amide bonds. The van der Waals surface area contributed by atoms with Crippen LogP contribution in [0, 0.1) is 24.7 Å². The van der Waals surface area contributed by atoms with Gasteiger partial charge in [-0.3, -0.25) is 9.69 Å². The summed E-state index contributed by atoms with van der Waals surface area (Å²) in [6, 6.07) is 8.28. The second kappa shape index (κ2) is 8.58. The zero-order chi connectivity index (χ0) is 19.3. The molecule has 27 heavy (non-hydrogen) atoms. The number of nitrogens with zero attached hydrogens (tertiary/aromatic N) is 2. The first-order valence-electron chi connectivity index (χ1n) is 9.69. The van der Waals surface area contributed by atoms with Crippen molar-refractivity contribution in [2.24, 2.45) is 10.6 Å². The lowest BCUT2D eigenvalue weighted by molar-refractivity contribution is -0.162. The van der Waals surface area contributed by atoms with Crippen LogP contribution in [0.4, 0.5) is 0 Å². The molecule has 3 rings (SSSR count). The zero-order valence-corrected chi connectivity index (χ0v) is 16.2. The average Bonchev–Trinajstić information content (AvgIpc) is 3.11. The number of carbonyl (C=O) groups is 1. The van der Waals surface area contributed by atoms with Gasteiger partial charge < -0.3 is 9.57 Å². The molecule has 0 bridgehead atoms. The normalized spacial score (nSPS) is 25.4. The number of terminal acetylenes is 1. The molecule has 5 nitrogen and oxygen atoms in total. The Morgan fingerprint density at radius 3 is 2.93 bits per heavy atom. The van der Waals surface area contributed by atoms with Crippen LogP contribution in [0.2, 0.25) is 0 Å². The van der Waals surface area contributed by atoms with Crippen molar-refractivity contribution in [3.63, 3.8) is 0 Å². The minimum atomic E-state index is -0.575. The van der Waals surface area contributed by atoms with Crippen LogP contribution in [0.25, 0.3) is 0 Å². The van der Waals surface area contributed by atoms with Gasteiger partial charge in [-0.1, -0.05) is 40.9 Å². The second-order valence-corrected chi connectivity index (χ2v) is 7.56. The predicted octanol–water partition coefficient (Wildman–Crippen LogP) is 3.16. The Morgan fingerprint density at radius 2 is 2.22 bits per heavy atom. The van der Waals surface area contributed by atoms with E-state index in [1.807, 2.05) is 6.92 Å². The van der Waals surface area contributed by atoms with Gasteiger partial charge >= 0.3 is 5.97 Å². The topological polar surface area (TPSA) is 51.1 Å². The third-order valence-electron chi connectivity index (χ3n) is 5.42. The van der Waals surface area contributed by atoms with Crippen molar-refractivity contribution in [1.29, 1.82) is 0 Å². The van der Waals surface area contributed by atoms with Gasteiger partial charge in [-0.25, -0.2) is 0 Å². The molecule has 2 heterocycles. The van der Waals surface area contributed by atoms with E-state index < -0.39 is 5.41 Å². The molecule has 0 aliphatic carbocycles. The van der Waals surface area contributed by atoms with E-state index in [2.05, 4.69) is 47.2 Å². The van der Waals surface area contributed by atoms with Crippen LogP contribution in [0.15, 0.2) is 29.4 Å². The van der Waals surface area contributed by atoms with Crippen LogP contribution in [0.1, 0.15) is 43.7 Å². The molecule has 0 N–H and O–H groups in total. The van der Waals surface area contributed by atoms with E-state index in [9.17, 15) is 4.79 Å². The summed E-state index contributed by atoms with van der Waals surface area (Å²) in [6.07, 6.45) is 8.41. The van der Waals surface area contributed by atoms with E-state index in [4.69, 9.17) is 16.0 Å². The fraction of sp³-hybridized carbons (Fsp3) is 0.545. The predicted molar refractivity (Wildman–Crippen MR) is 105 cm³/mol. The maximum absolute atomic E-state index is 12.9. The largest absolute Gasteiger partial charge is 0.466 e. The number of rotatable bonds is 6. The van der Waals surface area contributed by atoms with Crippen LogP contribution in [-0.2, 0) is 14.4 Å². The number of likely N-dealkylation sites (tertiary alicyclic amines) is 1. The van der Waals surface area contributed by atoms with E-state index in [0.717, 1.165) is 30.7 Å². The Bertz CT molecular complexity index is 735. The average molecular weight is 368 g/mol. The smallest absolute Gasteiger partial charge is 0.313 e. The van der Waals surface area contributed by atoms with Crippen molar-refractivity contribution < 1.29 is 14.4 Å². The first-order chi connectivity index (χ1) is 13.1. The Hall–Kier alpha value is -2.32.